The van der Waals surface area contributed by atoms with Crippen LogP contribution in [0.4, 0.5) is 5.82 Å². The highest BCUT2D eigenvalue weighted by Gasteiger charge is 2.14. The molecule has 19 heavy (non-hydrogen) atoms. The Bertz CT molecular complexity index is 474. The van der Waals surface area contributed by atoms with E-state index in [2.05, 4.69) is 10.3 Å². The highest BCUT2D eigenvalue weighted by molar-refractivity contribution is 5.89. The molecule has 0 radical (unpaired) electrons. The van der Waals surface area contributed by atoms with Crippen molar-refractivity contribution in [2.24, 2.45) is 0 Å². The van der Waals surface area contributed by atoms with Gasteiger partial charge in [0, 0.05) is 18.8 Å². The molecule has 1 heterocycles. The van der Waals surface area contributed by atoms with Gasteiger partial charge < -0.3 is 15.3 Å². The van der Waals surface area contributed by atoms with Crippen LogP contribution in [0.5, 0.6) is 0 Å². The lowest BCUT2D eigenvalue weighted by Crippen LogP contribution is -2.37. The Labute approximate surface area is 112 Å². The largest absolute Gasteiger partial charge is 0.478 e. The Kier molecular flexibility index (Phi) is 5.29. The van der Waals surface area contributed by atoms with Crippen molar-refractivity contribution in [3.8, 4) is 0 Å². The first kappa shape index (κ1) is 14.9. The normalized spacial score (nSPS) is 10.1. The van der Waals surface area contributed by atoms with Crippen LogP contribution in [0.1, 0.15) is 29.9 Å². The molecule has 0 aromatic carbocycles. The molecule has 0 saturated carbocycles. The number of nitrogens with zero attached hydrogens (tertiary/aromatic N) is 2. The number of carboxylic acids is 1. The van der Waals surface area contributed by atoms with E-state index in [1.807, 2.05) is 13.8 Å². The quantitative estimate of drug-likeness (QED) is 0.803. The second-order valence-corrected chi connectivity index (χ2v) is 4.13. The smallest absolute Gasteiger partial charge is 0.335 e. The van der Waals surface area contributed by atoms with Gasteiger partial charge in [0.15, 0.2) is 0 Å². The number of aromatic carboxylic acids is 1. The molecule has 0 fully saturated rings. The van der Waals surface area contributed by atoms with Gasteiger partial charge in [-0.05, 0) is 32.9 Å². The number of nitrogens with one attached hydrogen (secondary N) is 1. The number of carbonyl (C=O) groups is 2. The number of aromatic nitrogens is 1. The van der Waals surface area contributed by atoms with Gasteiger partial charge in [0.1, 0.15) is 5.82 Å². The predicted octanol–water partition coefficient (Wildman–Crippen LogP) is 1.05. The van der Waals surface area contributed by atoms with Gasteiger partial charge in [0.05, 0.1) is 12.1 Å². The standard InChI is InChI=1S/C13H19N3O3/c1-4-14-12(17)8-16(5-2)11-7-10(13(18)19)6-9(3)15-11/h6-7H,4-5,8H2,1-3H3,(H,14,17)(H,18,19). The van der Waals surface area contributed by atoms with Crippen LogP contribution in [0, 0.1) is 6.92 Å². The maximum Gasteiger partial charge on any atom is 0.335 e. The Morgan fingerprint density at radius 1 is 1.37 bits per heavy atom. The first-order chi connectivity index (χ1) is 8.97. The summed E-state index contributed by atoms with van der Waals surface area (Å²) in [5.74, 6) is -0.600. The van der Waals surface area contributed by atoms with Crippen molar-refractivity contribution in [2.75, 3.05) is 24.5 Å². The van der Waals surface area contributed by atoms with E-state index in [0.29, 0.717) is 24.6 Å². The number of carbonyl (C=O) groups excluding carboxylic acids is 1. The number of rotatable bonds is 6. The van der Waals surface area contributed by atoms with Crippen molar-refractivity contribution in [3.05, 3.63) is 23.4 Å². The third-order valence-corrected chi connectivity index (χ3v) is 2.60. The second kappa shape index (κ2) is 6.72. The van der Waals surface area contributed by atoms with Crippen LogP contribution in [-0.2, 0) is 4.79 Å². The van der Waals surface area contributed by atoms with Crippen LogP contribution < -0.4 is 10.2 Å². The molecular weight excluding hydrogens is 246 g/mol. The number of aryl methyl sites for hydroxylation is 1. The Hall–Kier alpha value is -2.11. The molecular formula is C13H19N3O3. The molecule has 1 aromatic heterocycles. The van der Waals surface area contributed by atoms with E-state index in [0.717, 1.165) is 0 Å². The Morgan fingerprint density at radius 2 is 2.05 bits per heavy atom. The minimum atomic E-state index is -0.999. The zero-order valence-corrected chi connectivity index (χ0v) is 11.4. The van der Waals surface area contributed by atoms with E-state index in [-0.39, 0.29) is 18.0 Å². The third kappa shape index (κ3) is 4.24. The van der Waals surface area contributed by atoms with Crippen molar-refractivity contribution in [3.63, 3.8) is 0 Å². The monoisotopic (exact) mass is 265 g/mol. The van der Waals surface area contributed by atoms with Gasteiger partial charge in [0.25, 0.3) is 0 Å². The van der Waals surface area contributed by atoms with Crippen LogP contribution in [0.25, 0.3) is 0 Å². The molecule has 0 aliphatic carbocycles. The zero-order chi connectivity index (χ0) is 14.4. The topological polar surface area (TPSA) is 82.5 Å². The second-order valence-electron chi connectivity index (χ2n) is 4.13. The average molecular weight is 265 g/mol. The zero-order valence-electron chi connectivity index (χ0n) is 11.4. The number of hydrogen-bond acceptors (Lipinski definition) is 4. The summed E-state index contributed by atoms with van der Waals surface area (Å²) in [6, 6.07) is 2.99. The van der Waals surface area contributed by atoms with E-state index in [1.54, 1.807) is 11.8 Å². The lowest BCUT2D eigenvalue weighted by Gasteiger charge is -2.22. The van der Waals surface area contributed by atoms with Gasteiger partial charge in [0.2, 0.25) is 5.91 Å². The van der Waals surface area contributed by atoms with Crippen LogP contribution in [0.15, 0.2) is 12.1 Å². The van der Waals surface area contributed by atoms with Crippen LogP contribution in [-0.4, -0.2) is 41.6 Å². The maximum absolute atomic E-state index is 11.6. The summed E-state index contributed by atoms with van der Waals surface area (Å²) in [6.45, 7) is 6.78. The molecule has 6 heteroatoms. The third-order valence-electron chi connectivity index (χ3n) is 2.60. The van der Waals surface area contributed by atoms with E-state index >= 15 is 0 Å². The summed E-state index contributed by atoms with van der Waals surface area (Å²) in [5.41, 5.74) is 0.793. The molecule has 1 rings (SSSR count). The van der Waals surface area contributed by atoms with Gasteiger partial charge in [-0.15, -0.1) is 0 Å². The number of amides is 1. The van der Waals surface area contributed by atoms with Gasteiger partial charge in [-0.1, -0.05) is 0 Å². The SMILES string of the molecule is CCNC(=O)CN(CC)c1cc(C(=O)O)cc(C)n1. The average Bonchev–Trinajstić information content (AvgIpc) is 2.35. The summed E-state index contributed by atoms with van der Waals surface area (Å²) in [7, 11) is 0. The highest BCUT2D eigenvalue weighted by atomic mass is 16.4. The minimum Gasteiger partial charge on any atom is -0.478 e. The minimum absolute atomic E-state index is 0.107. The lowest BCUT2D eigenvalue weighted by atomic mass is 10.2. The van der Waals surface area contributed by atoms with Crippen molar-refractivity contribution < 1.29 is 14.7 Å². The fourth-order valence-corrected chi connectivity index (χ4v) is 1.72. The molecule has 1 aromatic rings. The highest BCUT2D eigenvalue weighted by Crippen LogP contribution is 2.14. The molecule has 0 bridgehead atoms. The summed E-state index contributed by atoms with van der Waals surface area (Å²) >= 11 is 0. The summed E-state index contributed by atoms with van der Waals surface area (Å²) in [6.07, 6.45) is 0. The van der Waals surface area contributed by atoms with E-state index < -0.39 is 5.97 Å². The molecule has 2 N–H and O–H groups in total. The van der Waals surface area contributed by atoms with Crippen molar-refractivity contribution in [1.29, 1.82) is 0 Å². The molecule has 0 unspecified atom stereocenters. The summed E-state index contributed by atoms with van der Waals surface area (Å²) in [5, 5.41) is 11.7. The fourth-order valence-electron chi connectivity index (χ4n) is 1.72. The van der Waals surface area contributed by atoms with Crippen LogP contribution in [0.2, 0.25) is 0 Å². The van der Waals surface area contributed by atoms with Crippen LogP contribution >= 0.6 is 0 Å². The molecule has 0 aliphatic heterocycles. The molecule has 104 valence electrons. The van der Waals surface area contributed by atoms with Crippen molar-refractivity contribution >= 4 is 17.7 Å². The summed E-state index contributed by atoms with van der Waals surface area (Å²) < 4.78 is 0. The van der Waals surface area contributed by atoms with Crippen LogP contribution in [0.3, 0.4) is 0 Å². The Balaban J connectivity index is 2.97. The molecule has 0 atom stereocenters. The van der Waals surface area contributed by atoms with Crippen molar-refractivity contribution in [1.82, 2.24) is 10.3 Å². The number of pyridine rings is 1. The van der Waals surface area contributed by atoms with Crippen molar-refractivity contribution in [2.45, 2.75) is 20.8 Å². The lowest BCUT2D eigenvalue weighted by molar-refractivity contribution is -0.119. The Morgan fingerprint density at radius 3 is 2.58 bits per heavy atom. The van der Waals surface area contributed by atoms with E-state index in [4.69, 9.17) is 5.11 Å². The fraction of sp³-hybridized carbons (Fsp3) is 0.462. The maximum atomic E-state index is 11.6. The van der Waals surface area contributed by atoms with Gasteiger partial charge in [-0.25, -0.2) is 9.78 Å². The molecule has 6 nitrogen and oxygen atoms in total. The van der Waals surface area contributed by atoms with E-state index in [9.17, 15) is 9.59 Å². The predicted molar refractivity (Wildman–Crippen MR) is 72.5 cm³/mol. The first-order valence-corrected chi connectivity index (χ1v) is 6.21. The molecule has 0 saturated heterocycles. The molecule has 1 amide bonds. The number of anilines is 1. The van der Waals surface area contributed by atoms with Gasteiger partial charge >= 0.3 is 5.97 Å². The number of hydrogen-bond donors (Lipinski definition) is 2. The van der Waals surface area contributed by atoms with Gasteiger partial charge in [-0.2, -0.15) is 0 Å². The van der Waals surface area contributed by atoms with E-state index in [1.165, 1.54) is 12.1 Å². The number of carboxylic acid groups (broad SMARTS) is 1. The first-order valence-electron chi connectivity index (χ1n) is 6.21. The molecule has 0 spiro atoms. The van der Waals surface area contributed by atoms with Gasteiger partial charge in [-0.3, -0.25) is 4.79 Å². The molecule has 0 aliphatic rings. The number of likely N-dealkylation sites (N-methyl/N-ethyl adjacent to an activating group) is 2. The summed E-state index contributed by atoms with van der Waals surface area (Å²) in [4.78, 5) is 28.6.